The number of hydrogen-bond donors (Lipinski definition) is 2. The molecule has 0 saturated carbocycles. The maximum absolute atomic E-state index is 13.9. The molecule has 3 aromatic rings. The van der Waals surface area contributed by atoms with E-state index in [0.717, 1.165) is 4.90 Å². The van der Waals surface area contributed by atoms with E-state index in [1.54, 1.807) is 44.2 Å². The van der Waals surface area contributed by atoms with Crippen molar-refractivity contribution >= 4 is 29.5 Å². The normalized spacial score (nSPS) is 11.7. The van der Waals surface area contributed by atoms with Gasteiger partial charge in [-0.05, 0) is 44.2 Å². The molecule has 162 valence electrons. The van der Waals surface area contributed by atoms with E-state index in [1.165, 1.54) is 17.8 Å². The Morgan fingerprint density at radius 1 is 1.23 bits per heavy atom. The molecule has 31 heavy (non-hydrogen) atoms. The van der Waals surface area contributed by atoms with E-state index in [0.29, 0.717) is 28.5 Å². The van der Waals surface area contributed by atoms with Crippen LogP contribution in [0.4, 0.5) is 14.9 Å². The monoisotopic (exact) mass is 444 g/mol. The second-order valence-corrected chi connectivity index (χ2v) is 7.85. The predicted octanol–water partition coefficient (Wildman–Crippen LogP) is 5.67. The highest BCUT2D eigenvalue weighted by molar-refractivity contribution is 7.99. The topological polar surface area (TPSA) is 102 Å². The molecule has 2 aromatic carbocycles. The van der Waals surface area contributed by atoms with Crippen molar-refractivity contribution in [2.45, 2.75) is 31.3 Å². The summed E-state index contributed by atoms with van der Waals surface area (Å²) in [4.78, 5) is 23.9. The molecular formula is C22H21FN2O5S. The first kappa shape index (κ1) is 22.4. The number of hydrogen-bond acceptors (Lipinski definition) is 6. The van der Waals surface area contributed by atoms with E-state index in [2.05, 4.69) is 10.5 Å². The number of aromatic nitrogens is 1. The molecule has 7 nitrogen and oxygen atoms in total. The molecule has 0 saturated heterocycles. The van der Waals surface area contributed by atoms with Crippen LogP contribution in [0.3, 0.4) is 0 Å². The molecular weight excluding hydrogens is 423 g/mol. The van der Waals surface area contributed by atoms with Crippen LogP contribution in [0.2, 0.25) is 0 Å². The van der Waals surface area contributed by atoms with E-state index in [4.69, 9.17) is 14.4 Å². The molecule has 3 rings (SSSR count). The van der Waals surface area contributed by atoms with Gasteiger partial charge in [0.2, 0.25) is 0 Å². The number of carboxylic acid groups (broad SMARTS) is 1. The lowest BCUT2D eigenvalue weighted by atomic mass is 10.1. The number of carbonyl (C=O) groups excluding carboxylic acids is 1. The first-order valence-electron chi connectivity index (χ1n) is 9.48. The van der Waals surface area contributed by atoms with Crippen LogP contribution < -0.4 is 5.32 Å². The average molecular weight is 444 g/mol. The minimum Gasteiger partial charge on any atom is -0.481 e. The third-order valence-electron chi connectivity index (χ3n) is 4.42. The number of aliphatic carboxylic acids is 1. The predicted molar refractivity (Wildman–Crippen MR) is 115 cm³/mol. The van der Waals surface area contributed by atoms with Crippen molar-refractivity contribution in [1.82, 2.24) is 5.16 Å². The number of benzene rings is 2. The van der Waals surface area contributed by atoms with E-state index in [9.17, 15) is 14.0 Å². The summed E-state index contributed by atoms with van der Waals surface area (Å²) in [5.74, 6) is -0.469. The van der Waals surface area contributed by atoms with Gasteiger partial charge in [0, 0.05) is 21.8 Å². The van der Waals surface area contributed by atoms with Crippen LogP contribution in [-0.2, 0) is 9.53 Å². The van der Waals surface area contributed by atoms with E-state index < -0.39 is 24.0 Å². The first-order valence-corrected chi connectivity index (χ1v) is 10.5. The van der Waals surface area contributed by atoms with Crippen molar-refractivity contribution < 1.29 is 28.3 Å². The zero-order valence-electron chi connectivity index (χ0n) is 16.9. The van der Waals surface area contributed by atoms with Gasteiger partial charge >= 0.3 is 12.1 Å². The summed E-state index contributed by atoms with van der Waals surface area (Å²) in [7, 11) is 0. The zero-order chi connectivity index (χ0) is 22.4. The molecule has 0 fully saturated rings. The van der Waals surface area contributed by atoms with Gasteiger partial charge < -0.3 is 14.4 Å². The molecule has 0 aliphatic heterocycles. The molecule has 0 spiro atoms. The van der Waals surface area contributed by atoms with Gasteiger partial charge in [0.15, 0.2) is 5.76 Å². The van der Waals surface area contributed by atoms with Gasteiger partial charge in [-0.2, -0.15) is 0 Å². The molecule has 0 aliphatic carbocycles. The number of carbonyl (C=O) groups is 2. The fourth-order valence-electron chi connectivity index (χ4n) is 2.83. The highest BCUT2D eigenvalue weighted by Gasteiger charge is 2.21. The number of nitrogens with zero attached hydrogens (tertiary/aromatic N) is 1. The molecule has 0 unspecified atom stereocenters. The number of rotatable bonds is 8. The average Bonchev–Trinajstić information content (AvgIpc) is 3.08. The first-order chi connectivity index (χ1) is 14.8. The van der Waals surface area contributed by atoms with E-state index >= 15 is 0 Å². The third-order valence-corrected chi connectivity index (χ3v) is 5.43. The van der Waals surface area contributed by atoms with Crippen LogP contribution in [0, 0.1) is 12.7 Å². The number of nitrogens with one attached hydrogen (secondary N) is 1. The largest absolute Gasteiger partial charge is 0.481 e. The number of ether oxygens (including phenoxy) is 1. The van der Waals surface area contributed by atoms with E-state index in [-0.39, 0.29) is 12.0 Å². The van der Waals surface area contributed by atoms with Gasteiger partial charge in [-0.1, -0.05) is 23.4 Å². The molecule has 1 aromatic heterocycles. The van der Waals surface area contributed by atoms with Crippen molar-refractivity contribution in [2.75, 3.05) is 11.1 Å². The maximum atomic E-state index is 13.9. The van der Waals surface area contributed by atoms with Gasteiger partial charge in [0.05, 0.1) is 6.42 Å². The summed E-state index contributed by atoms with van der Waals surface area (Å²) in [6.07, 6.45) is -1.47. The Labute approximate surface area is 182 Å². The van der Waals surface area contributed by atoms with Gasteiger partial charge in [-0.15, -0.1) is 11.8 Å². The number of halogens is 1. The quantitative estimate of drug-likeness (QED) is 0.432. The Morgan fingerprint density at radius 2 is 1.94 bits per heavy atom. The third kappa shape index (κ3) is 5.85. The number of thioether (sulfide) groups is 1. The van der Waals surface area contributed by atoms with E-state index in [1.807, 2.05) is 12.1 Å². The van der Waals surface area contributed by atoms with Gasteiger partial charge in [-0.25, -0.2) is 9.18 Å². The van der Waals surface area contributed by atoms with Crippen LogP contribution in [-0.4, -0.2) is 28.1 Å². The highest BCUT2D eigenvalue weighted by Crippen LogP contribution is 2.33. The summed E-state index contributed by atoms with van der Waals surface area (Å²) in [5, 5.41) is 15.3. The molecule has 0 bridgehead atoms. The Balaban J connectivity index is 1.68. The van der Waals surface area contributed by atoms with Gasteiger partial charge in [-0.3, -0.25) is 10.1 Å². The Hall–Kier alpha value is -3.33. The number of amides is 1. The highest BCUT2D eigenvalue weighted by atomic mass is 32.2. The lowest BCUT2D eigenvalue weighted by Crippen LogP contribution is -2.17. The molecule has 9 heteroatoms. The van der Waals surface area contributed by atoms with Crippen LogP contribution in [0.1, 0.15) is 30.7 Å². The number of aryl methyl sites for hydroxylation is 1. The van der Waals surface area contributed by atoms with Crippen molar-refractivity contribution in [2.24, 2.45) is 0 Å². The molecule has 2 N–H and O–H groups in total. The number of anilines is 1. The summed E-state index contributed by atoms with van der Waals surface area (Å²) in [6.45, 7) is 3.26. The summed E-state index contributed by atoms with van der Waals surface area (Å²) >= 11 is 1.43. The van der Waals surface area contributed by atoms with Crippen molar-refractivity contribution in [3.05, 3.63) is 65.6 Å². The van der Waals surface area contributed by atoms with Gasteiger partial charge in [0.1, 0.15) is 23.3 Å². The summed E-state index contributed by atoms with van der Waals surface area (Å²) in [5.41, 5.74) is 1.78. The summed E-state index contributed by atoms with van der Waals surface area (Å²) in [6, 6.07) is 13.3. The maximum Gasteiger partial charge on any atom is 0.412 e. The molecule has 0 radical (unpaired) electrons. The summed E-state index contributed by atoms with van der Waals surface area (Å²) < 4.78 is 24.6. The standard InChI is InChI=1S/C22H21FN2O5S/c1-13-20(24-22(28)29-14(2)17-5-3-4-6-18(17)23)21(30-25-13)15-7-9-16(10-8-15)31-12-11-19(26)27/h3-10,14H,11-12H2,1-2H3,(H,24,28)(H,26,27)/t14-/m1/s1. The molecule has 1 heterocycles. The fraction of sp³-hybridized carbons (Fsp3) is 0.227. The van der Waals surface area contributed by atoms with Crippen LogP contribution in [0.15, 0.2) is 57.9 Å². The van der Waals surface area contributed by atoms with Crippen molar-refractivity contribution in [3.63, 3.8) is 0 Å². The van der Waals surface area contributed by atoms with Gasteiger partial charge in [0.25, 0.3) is 0 Å². The molecule has 0 aliphatic rings. The fourth-order valence-corrected chi connectivity index (χ4v) is 3.67. The van der Waals surface area contributed by atoms with Crippen LogP contribution in [0.25, 0.3) is 11.3 Å². The van der Waals surface area contributed by atoms with Crippen molar-refractivity contribution in [3.8, 4) is 11.3 Å². The second-order valence-electron chi connectivity index (χ2n) is 6.68. The van der Waals surface area contributed by atoms with Crippen LogP contribution >= 0.6 is 11.8 Å². The Kier molecular flexibility index (Phi) is 7.30. The SMILES string of the molecule is Cc1noc(-c2ccc(SCCC(=O)O)cc2)c1NC(=O)O[C@H](C)c1ccccc1F. The molecule has 1 atom stereocenters. The lowest BCUT2D eigenvalue weighted by molar-refractivity contribution is -0.136. The second kappa shape index (κ2) is 10.1. The minimum absolute atomic E-state index is 0.0786. The van der Waals surface area contributed by atoms with Crippen LogP contribution in [0.5, 0.6) is 0 Å². The number of carboxylic acids is 1. The zero-order valence-corrected chi connectivity index (χ0v) is 17.7. The molecule has 1 amide bonds. The Morgan fingerprint density at radius 3 is 2.61 bits per heavy atom. The smallest absolute Gasteiger partial charge is 0.412 e. The van der Waals surface area contributed by atoms with Crippen molar-refractivity contribution in [1.29, 1.82) is 0 Å². The lowest BCUT2D eigenvalue weighted by Gasteiger charge is -2.15. The Bertz CT molecular complexity index is 1070. The minimum atomic E-state index is -0.840.